The molecule has 6 heteroatoms. The minimum atomic E-state index is 0.155. The molecule has 2 aliphatic heterocycles. The van der Waals surface area contributed by atoms with Crippen LogP contribution < -0.4 is 0 Å². The Hall–Kier alpha value is -0.980. The van der Waals surface area contributed by atoms with Crippen LogP contribution in [0.25, 0.3) is 0 Å². The maximum atomic E-state index is 12.7. The van der Waals surface area contributed by atoms with Gasteiger partial charge in [-0.05, 0) is 18.8 Å². The minimum absolute atomic E-state index is 0.155. The quantitative estimate of drug-likeness (QED) is 0.849. The highest BCUT2D eigenvalue weighted by molar-refractivity contribution is 7.13. The summed E-state index contributed by atoms with van der Waals surface area (Å²) in [4.78, 5) is 22.3. The van der Waals surface area contributed by atoms with E-state index in [4.69, 9.17) is 4.74 Å². The van der Waals surface area contributed by atoms with Crippen molar-refractivity contribution in [1.82, 2.24) is 14.8 Å². The number of hydrogen-bond donors (Lipinski definition) is 0. The van der Waals surface area contributed by atoms with Crippen molar-refractivity contribution in [1.29, 1.82) is 0 Å². The SMILES string of the molecule is CCCc1ncc(C(=O)N2C[C@@H](N3CCOCC3)[C@@H](C)C2)s1. The number of carbonyl (C=O) groups excluding carboxylic acids is 1. The van der Waals surface area contributed by atoms with Gasteiger partial charge in [0.1, 0.15) is 4.88 Å². The molecule has 0 spiro atoms. The normalized spacial score (nSPS) is 26.5. The fraction of sp³-hybridized carbons (Fsp3) is 0.750. The topological polar surface area (TPSA) is 45.7 Å². The number of nitrogens with zero attached hydrogens (tertiary/aromatic N) is 3. The minimum Gasteiger partial charge on any atom is -0.379 e. The summed E-state index contributed by atoms with van der Waals surface area (Å²) in [5.74, 6) is 0.674. The molecule has 0 bridgehead atoms. The van der Waals surface area contributed by atoms with E-state index in [1.54, 1.807) is 17.5 Å². The van der Waals surface area contributed by atoms with Crippen LogP contribution in [0.15, 0.2) is 6.20 Å². The van der Waals surface area contributed by atoms with E-state index in [1.807, 2.05) is 4.90 Å². The van der Waals surface area contributed by atoms with Crippen molar-refractivity contribution in [2.75, 3.05) is 39.4 Å². The lowest BCUT2D eigenvalue weighted by Crippen LogP contribution is -2.47. The van der Waals surface area contributed by atoms with Crippen molar-refractivity contribution in [2.24, 2.45) is 5.92 Å². The van der Waals surface area contributed by atoms with Gasteiger partial charge < -0.3 is 9.64 Å². The highest BCUT2D eigenvalue weighted by Gasteiger charge is 2.37. The molecule has 2 aliphatic rings. The van der Waals surface area contributed by atoms with Crippen molar-refractivity contribution in [3.8, 4) is 0 Å². The summed E-state index contributed by atoms with van der Waals surface area (Å²) in [6.45, 7) is 9.67. The number of morpholine rings is 1. The van der Waals surface area contributed by atoms with Gasteiger partial charge in [0.15, 0.2) is 0 Å². The van der Waals surface area contributed by atoms with Gasteiger partial charge in [0.05, 0.1) is 24.4 Å². The van der Waals surface area contributed by atoms with Gasteiger partial charge in [-0.1, -0.05) is 13.8 Å². The molecule has 2 saturated heterocycles. The monoisotopic (exact) mass is 323 g/mol. The van der Waals surface area contributed by atoms with E-state index < -0.39 is 0 Å². The lowest BCUT2D eigenvalue weighted by Gasteiger charge is -2.33. The third-order valence-corrected chi connectivity index (χ3v) is 5.65. The highest BCUT2D eigenvalue weighted by atomic mass is 32.1. The van der Waals surface area contributed by atoms with E-state index in [2.05, 4.69) is 23.7 Å². The van der Waals surface area contributed by atoms with Crippen LogP contribution in [0.2, 0.25) is 0 Å². The predicted octanol–water partition coefficient (Wildman–Crippen LogP) is 1.89. The smallest absolute Gasteiger partial charge is 0.265 e. The second kappa shape index (κ2) is 7.06. The third kappa shape index (κ3) is 3.34. The van der Waals surface area contributed by atoms with Crippen LogP contribution in [0.1, 0.15) is 34.9 Å². The molecule has 1 aromatic rings. The first-order valence-electron chi connectivity index (χ1n) is 8.24. The van der Waals surface area contributed by atoms with Crippen LogP contribution in [0.5, 0.6) is 0 Å². The molecule has 0 N–H and O–H groups in total. The Morgan fingerprint density at radius 2 is 2.18 bits per heavy atom. The highest BCUT2D eigenvalue weighted by Crippen LogP contribution is 2.25. The Kier molecular flexibility index (Phi) is 5.10. The van der Waals surface area contributed by atoms with Crippen LogP contribution in [0.3, 0.4) is 0 Å². The zero-order valence-electron chi connectivity index (χ0n) is 13.5. The van der Waals surface area contributed by atoms with Gasteiger partial charge >= 0.3 is 0 Å². The average molecular weight is 323 g/mol. The molecule has 0 saturated carbocycles. The fourth-order valence-electron chi connectivity index (χ4n) is 3.39. The first-order chi connectivity index (χ1) is 10.7. The summed E-state index contributed by atoms with van der Waals surface area (Å²) in [7, 11) is 0. The van der Waals surface area contributed by atoms with Gasteiger partial charge in [0, 0.05) is 32.2 Å². The summed E-state index contributed by atoms with van der Waals surface area (Å²) in [5.41, 5.74) is 0. The number of ether oxygens (including phenoxy) is 1. The Labute approximate surface area is 136 Å². The zero-order valence-corrected chi connectivity index (χ0v) is 14.3. The lowest BCUT2D eigenvalue weighted by atomic mass is 10.0. The average Bonchev–Trinajstić information content (AvgIpc) is 3.15. The Balaban J connectivity index is 1.63. The summed E-state index contributed by atoms with van der Waals surface area (Å²) < 4.78 is 5.44. The molecule has 5 nitrogen and oxygen atoms in total. The first-order valence-corrected chi connectivity index (χ1v) is 9.06. The molecule has 1 amide bonds. The zero-order chi connectivity index (χ0) is 15.5. The molecule has 0 aliphatic carbocycles. The molecule has 0 radical (unpaired) electrons. The molecule has 1 aromatic heterocycles. The molecule has 2 atom stereocenters. The van der Waals surface area contributed by atoms with Crippen molar-refractivity contribution >= 4 is 17.2 Å². The Morgan fingerprint density at radius 3 is 2.91 bits per heavy atom. The molecular weight excluding hydrogens is 298 g/mol. The number of amides is 1. The summed E-state index contributed by atoms with van der Waals surface area (Å²) >= 11 is 1.55. The van der Waals surface area contributed by atoms with Crippen LogP contribution in [0, 0.1) is 5.92 Å². The van der Waals surface area contributed by atoms with E-state index in [-0.39, 0.29) is 5.91 Å². The number of aromatic nitrogens is 1. The largest absolute Gasteiger partial charge is 0.379 e. The van der Waals surface area contributed by atoms with Crippen LogP contribution in [-0.4, -0.2) is 66.1 Å². The molecule has 122 valence electrons. The van der Waals surface area contributed by atoms with E-state index in [0.717, 1.165) is 62.1 Å². The molecule has 3 rings (SSSR count). The van der Waals surface area contributed by atoms with Gasteiger partial charge in [-0.3, -0.25) is 9.69 Å². The molecule has 3 heterocycles. The number of likely N-dealkylation sites (tertiary alicyclic amines) is 1. The fourth-order valence-corrected chi connectivity index (χ4v) is 4.38. The van der Waals surface area contributed by atoms with E-state index in [1.165, 1.54) is 0 Å². The molecule has 0 aromatic carbocycles. The lowest BCUT2D eigenvalue weighted by molar-refractivity contribution is 0.0119. The Bertz CT molecular complexity index is 513. The second-order valence-electron chi connectivity index (χ2n) is 6.27. The molecule has 2 fully saturated rings. The van der Waals surface area contributed by atoms with Crippen LogP contribution in [0.4, 0.5) is 0 Å². The standard InChI is InChI=1S/C16H25N3O2S/c1-3-4-15-17-9-14(22-15)16(20)19-10-12(2)13(11-19)18-5-7-21-8-6-18/h9,12-13H,3-8,10-11H2,1-2H3/t12-,13+/m0/s1. The number of hydrogen-bond acceptors (Lipinski definition) is 5. The van der Waals surface area contributed by atoms with Crippen molar-refractivity contribution in [3.05, 3.63) is 16.1 Å². The summed E-state index contributed by atoms with van der Waals surface area (Å²) in [6.07, 6.45) is 3.79. The van der Waals surface area contributed by atoms with Crippen molar-refractivity contribution < 1.29 is 9.53 Å². The van der Waals surface area contributed by atoms with Gasteiger partial charge in [0.2, 0.25) is 0 Å². The summed E-state index contributed by atoms with van der Waals surface area (Å²) in [6, 6.07) is 0.468. The number of rotatable bonds is 4. The predicted molar refractivity (Wildman–Crippen MR) is 87.4 cm³/mol. The maximum absolute atomic E-state index is 12.7. The summed E-state index contributed by atoms with van der Waals surface area (Å²) in [5, 5.41) is 1.07. The van der Waals surface area contributed by atoms with Crippen molar-refractivity contribution in [2.45, 2.75) is 32.7 Å². The molecule has 22 heavy (non-hydrogen) atoms. The number of aryl methyl sites for hydroxylation is 1. The van der Waals surface area contributed by atoms with Crippen molar-refractivity contribution in [3.63, 3.8) is 0 Å². The van der Waals surface area contributed by atoms with Gasteiger partial charge in [-0.15, -0.1) is 11.3 Å². The first kappa shape index (κ1) is 15.9. The molecular formula is C16H25N3O2S. The number of carbonyl (C=O) groups is 1. The van der Waals surface area contributed by atoms with E-state index in [9.17, 15) is 4.79 Å². The van der Waals surface area contributed by atoms with Crippen LogP contribution >= 0.6 is 11.3 Å². The van der Waals surface area contributed by atoms with Gasteiger partial charge in [0.25, 0.3) is 5.91 Å². The van der Waals surface area contributed by atoms with Gasteiger partial charge in [-0.25, -0.2) is 4.98 Å². The second-order valence-corrected chi connectivity index (χ2v) is 7.39. The van der Waals surface area contributed by atoms with E-state index in [0.29, 0.717) is 12.0 Å². The third-order valence-electron chi connectivity index (χ3n) is 4.60. The van der Waals surface area contributed by atoms with Gasteiger partial charge in [-0.2, -0.15) is 0 Å². The van der Waals surface area contributed by atoms with Crippen LogP contribution in [-0.2, 0) is 11.2 Å². The maximum Gasteiger partial charge on any atom is 0.265 e. The van der Waals surface area contributed by atoms with E-state index >= 15 is 0 Å². The Morgan fingerprint density at radius 1 is 1.41 bits per heavy atom. The number of thiazole rings is 1. The molecule has 0 unspecified atom stereocenters.